The Bertz CT molecular complexity index is 556. The van der Waals surface area contributed by atoms with Gasteiger partial charge in [0.25, 0.3) is 5.72 Å². The van der Waals surface area contributed by atoms with Gasteiger partial charge in [0.05, 0.1) is 6.54 Å². The maximum Gasteiger partial charge on any atom is 0.256 e. The average Bonchev–Trinajstić information content (AvgIpc) is 2.97. The van der Waals surface area contributed by atoms with Crippen molar-refractivity contribution in [3.05, 3.63) is 71.8 Å². The molecule has 1 N–H and O–H groups in total. The minimum Gasteiger partial charge on any atom is -0.313 e. The van der Waals surface area contributed by atoms with Gasteiger partial charge in [-0.1, -0.05) is 36.4 Å². The Morgan fingerprint density at radius 1 is 0.857 bits per heavy atom. The molecule has 4 rings (SSSR count). The molecule has 108 valence electrons. The van der Waals surface area contributed by atoms with Gasteiger partial charge in [-0.3, -0.25) is 4.90 Å². The molecule has 0 aromatic heterocycles. The maximum atomic E-state index is 6.52. The lowest BCUT2D eigenvalue weighted by atomic mass is 9.90. The van der Waals surface area contributed by atoms with Crippen LogP contribution < -0.4 is 4.90 Å². The van der Waals surface area contributed by atoms with Crippen LogP contribution in [0, 0.1) is 0 Å². The summed E-state index contributed by atoms with van der Waals surface area (Å²) < 4.78 is 6.52. The predicted molar refractivity (Wildman–Crippen MR) is 83.1 cm³/mol. The molecule has 0 saturated carbocycles. The number of fused-ring (bicyclic) bond motifs is 1. The second-order valence-electron chi connectivity index (χ2n) is 6.19. The Balaban J connectivity index is 1.87. The van der Waals surface area contributed by atoms with E-state index in [9.17, 15) is 0 Å². The number of piperidine rings is 1. The van der Waals surface area contributed by atoms with Crippen molar-refractivity contribution in [2.24, 2.45) is 0 Å². The molecular formula is C19H22NO+. The van der Waals surface area contributed by atoms with Gasteiger partial charge in [0.2, 0.25) is 0 Å². The van der Waals surface area contributed by atoms with Crippen molar-refractivity contribution in [3.8, 4) is 0 Å². The molecule has 2 heteroatoms. The fraction of sp³-hybridized carbons (Fsp3) is 0.368. The van der Waals surface area contributed by atoms with Crippen molar-refractivity contribution >= 4 is 0 Å². The summed E-state index contributed by atoms with van der Waals surface area (Å²) in [4.78, 5) is 1.60. The predicted octanol–water partition coefficient (Wildman–Crippen LogP) is 2.36. The fourth-order valence-electron chi connectivity index (χ4n) is 4.10. The molecule has 0 amide bonds. The molecule has 2 unspecified atom stereocenters. The summed E-state index contributed by atoms with van der Waals surface area (Å²) >= 11 is 0. The highest BCUT2D eigenvalue weighted by Crippen LogP contribution is 2.33. The van der Waals surface area contributed by atoms with Crippen molar-refractivity contribution in [2.45, 2.75) is 31.0 Å². The van der Waals surface area contributed by atoms with E-state index in [1.54, 1.807) is 4.90 Å². The third kappa shape index (κ3) is 2.02. The first kappa shape index (κ1) is 13.1. The molecule has 0 bridgehead atoms. The largest absolute Gasteiger partial charge is 0.313 e. The van der Waals surface area contributed by atoms with Gasteiger partial charge in [-0.2, -0.15) is 0 Å². The highest BCUT2D eigenvalue weighted by Gasteiger charge is 2.55. The summed E-state index contributed by atoms with van der Waals surface area (Å²) in [6.45, 7) is 2.08. The van der Waals surface area contributed by atoms with Gasteiger partial charge < -0.3 is 4.74 Å². The van der Waals surface area contributed by atoms with Crippen LogP contribution in [0.4, 0.5) is 0 Å². The normalized spacial score (nSPS) is 27.2. The van der Waals surface area contributed by atoms with E-state index in [1.807, 2.05) is 0 Å². The number of hydrogen-bond acceptors (Lipinski definition) is 1. The van der Waals surface area contributed by atoms with Crippen molar-refractivity contribution in [3.63, 3.8) is 0 Å². The van der Waals surface area contributed by atoms with Crippen molar-refractivity contribution in [1.82, 2.24) is 0 Å². The van der Waals surface area contributed by atoms with E-state index in [2.05, 4.69) is 60.7 Å². The lowest BCUT2D eigenvalue weighted by molar-refractivity contribution is -0.981. The summed E-state index contributed by atoms with van der Waals surface area (Å²) in [6, 6.07) is 22.2. The van der Waals surface area contributed by atoms with Crippen molar-refractivity contribution < 1.29 is 9.64 Å². The number of nitrogens with one attached hydrogen (secondary N) is 1. The third-order valence-electron chi connectivity index (χ3n) is 5.06. The van der Waals surface area contributed by atoms with Gasteiger partial charge in [-0.15, -0.1) is 0 Å². The van der Waals surface area contributed by atoms with Crippen LogP contribution in [0.2, 0.25) is 0 Å². The van der Waals surface area contributed by atoms with Gasteiger partial charge in [0.1, 0.15) is 12.6 Å². The lowest BCUT2D eigenvalue weighted by Crippen LogP contribution is -3.20. The first-order valence-electron chi connectivity index (χ1n) is 8.02. The van der Waals surface area contributed by atoms with Gasteiger partial charge in [-0.25, -0.2) is 0 Å². The lowest BCUT2D eigenvalue weighted by Gasteiger charge is -2.38. The monoisotopic (exact) mass is 280 g/mol. The van der Waals surface area contributed by atoms with Crippen LogP contribution in [0.5, 0.6) is 0 Å². The summed E-state index contributed by atoms with van der Waals surface area (Å²) in [7, 11) is 0. The second-order valence-corrected chi connectivity index (χ2v) is 6.19. The van der Waals surface area contributed by atoms with Crippen LogP contribution >= 0.6 is 0 Å². The van der Waals surface area contributed by atoms with E-state index in [0.717, 1.165) is 6.61 Å². The smallest absolute Gasteiger partial charge is 0.256 e. The Kier molecular flexibility index (Phi) is 3.28. The fourth-order valence-corrected chi connectivity index (χ4v) is 4.10. The Morgan fingerprint density at radius 2 is 1.48 bits per heavy atom. The van der Waals surface area contributed by atoms with E-state index in [0.29, 0.717) is 6.04 Å². The zero-order valence-electron chi connectivity index (χ0n) is 12.3. The first-order valence-corrected chi connectivity index (χ1v) is 8.02. The van der Waals surface area contributed by atoms with E-state index < -0.39 is 0 Å². The summed E-state index contributed by atoms with van der Waals surface area (Å²) in [5, 5.41) is 0. The minimum atomic E-state index is -0.312. The van der Waals surface area contributed by atoms with Gasteiger partial charge in [0.15, 0.2) is 0 Å². The summed E-state index contributed by atoms with van der Waals surface area (Å²) in [5.41, 5.74) is 2.26. The van der Waals surface area contributed by atoms with E-state index in [1.165, 1.54) is 36.9 Å². The van der Waals surface area contributed by atoms with Crippen molar-refractivity contribution in [1.29, 1.82) is 0 Å². The third-order valence-corrected chi connectivity index (χ3v) is 5.06. The van der Waals surface area contributed by atoms with Crippen molar-refractivity contribution in [2.75, 3.05) is 13.2 Å². The molecule has 0 aliphatic carbocycles. The van der Waals surface area contributed by atoms with Crippen LogP contribution in [0.25, 0.3) is 0 Å². The Morgan fingerprint density at radius 3 is 2.10 bits per heavy atom. The minimum absolute atomic E-state index is 0.312. The Hall–Kier alpha value is -1.64. The van der Waals surface area contributed by atoms with Crippen LogP contribution in [-0.2, 0) is 10.5 Å². The molecule has 2 aromatic rings. The summed E-state index contributed by atoms with van der Waals surface area (Å²) in [5.74, 6) is 0. The molecule has 2 atom stereocenters. The standard InChI is InChI=1S/C19H21NO/c1-3-9-16(10-4-1)19(17-11-5-2-6-12-17)20-14-8-7-13-18(20)15-21-19/h1-6,9-12,18H,7-8,13-15H2/p+1. The van der Waals surface area contributed by atoms with E-state index >= 15 is 0 Å². The number of benzene rings is 2. The molecule has 0 radical (unpaired) electrons. The van der Waals surface area contributed by atoms with Crippen LogP contribution in [0.3, 0.4) is 0 Å². The Labute approximate surface area is 126 Å². The highest BCUT2D eigenvalue weighted by molar-refractivity contribution is 5.33. The molecule has 2 saturated heterocycles. The molecule has 2 nitrogen and oxygen atoms in total. The zero-order chi connectivity index (χ0) is 14.1. The molecule has 2 heterocycles. The molecule has 2 aliphatic heterocycles. The average molecular weight is 280 g/mol. The molecule has 21 heavy (non-hydrogen) atoms. The van der Waals surface area contributed by atoms with E-state index in [4.69, 9.17) is 4.74 Å². The first-order chi connectivity index (χ1) is 10.4. The number of hydrogen-bond donors (Lipinski definition) is 1. The molecular weight excluding hydrogens is 258 g/mol. The number of rotatable bonds is 2. The van der Waals surface area contributed by atoms with Gasteiger partial charge >= 0.3 is 0 Å². The molecule has 2 fully saturated rings. The van der Waals surface area contributed by atoms with Gasteiger partial charge in [-0.05, 0) is 37.1 Å². The number of quaternary nitrogens is 1. The van der Waals surface area contributed by atoms with Crippen LogP contribution in [-0.4, -0.2) is 19.2 Å². The number of ether oxygens (including phenoxy) is 1. The quantitative estimate of drug-likeness (QED) is 0.891. The zero-order valence-corrected chi connectivity index (χ0v) is 12.3. The summed E-state index contributed by atoms with van der Waals surface area (Å²) in [6.07, 6.45) is 3.94. The highest BCUT2D eigenvalue weighted by atomic mass is 16.5. The molecule has 2 aromatic carbocycles. The van der Waals surface area contributed by atoms with E-state index in [-0.39, 0.29) is 5.72 Å². The second kappa shape index (κ2) is 5.28. The van der Waals surface area contributed by atoms with Crippen LogP contribution in [0.15, 0.2) is 60.7 Å². The topological polar surface area (TPSA) is 13.7 Å². The van der Waals surface area contributed by atoms with Crippen LogP contribution in [0.1, 0.15) is 30.4 Å². The SMILES string of the molecule is c1ccc(C2(c3ccccc3)OCC3CCCC[NH+]32)cc1. The van der Waals surface area contributed by atoms with Gasteiger partial charge in [0, 0.05) is 17.5 Å². The maximum absolute atomic E-state index is 6.52. The molecule has 2 aliphatic rings. The molecule has 0 spiro atoms.